The predicted octanol–water partition coefficient (Wildman–Crippen LogP) is 2.47. The van der Waals surface area contributed by atoms with Crippen molar-refractivity contribution in [3.63, 3.8) is 0 Å². The maximum absolute atomic E-state index is 10.9. The fourth-order valence-corrected chi connectivity index (χ4v) is 1.65. The van der Waals surface area contributed by atoms with Gasteiger partial charge in [0.05, 0.1) is 4.92 Å². The maximum Gasteiger partial charge on any atom is 0.342 e. The standard InChI is InChI=1S/C13H14N2O4/c1-3-7-14(8-4-2)10-5-6-11(13(16)17)12(9-10)15(18)19/h3-6,9H,1-2,7-8H2,(H,16,17). The molecular formula is C13H14N2O4. The third-order valence-corrected chi connectivity index (χ3v) is 2.47. The van der Waals surface area contributed by atoms with Crippen LogP contribution in [0.25, 0.3) is 0 Å². The molecule has 1 aromatic carbocycles. The van der Waals surface area contributed by atoms with Crippen molar-refractivity contribution in [2.75, 3.05) is 18.0 Å². The zero-order valence-corrected chi connectivity index (χ0v) is 10.3. The van der Waals surface area contributed by atoms with Crippen molar-refractivity contribution < 1.29 is 14.8 Å². The first-order chi connectivity index (χ1) is 9.01. The van der Waals surface area contributed by atoms with Gasteiger partial charge in [-0.15, -0.1) is 13.2 Å². The first kappa shape index (κ1) is 14.4. The highest BCUT2D eigenvalue weighted by molar-refractivity contribution is 5.93. The average Bonchev–Trinajstić information content (AvgIpc) is 2.37. The van der Waals surface area contributed by atoms with Crippen LogP contribution in [-0.4, -0.2) is 29.1 Å². The highest BCUT2D eigenvalue weighted by Gasteiger charge is 2.21. The first-order valence-electron chi connectivity index (χ1n) is 5.49. The van der Waals surface area contributed by atoms with Crippen molar-refractivity contribution in [3.05, 3.63) is 59.2 Å². The Morgan fingerprint density at radius 2 is 1.95 bits per heavy atom. The number of nitro groups is 1. The summed E-state index contributed by atoms with van der Waals surface area (Å²) in [6.45, 7) is 8.18. The Morgan fingerprint density at radius 1 is 1.37 bits per heavy atom. The fraction of sp³-hybridized carbons (Fsp3) is 0.154. The Bertz CT molecular complexity index is 515. The summed E-state index contributed by atoms with van der Waals surface area (Å²) in [5.74, 6) is -1.32. The predicted molar refractivity (Wildman–Crippen MR) is 72.7 cm³/mol. The second kappa shape index (κ2) is 6.34. The number of hydrogen-bond acceptors (Lipinski definition) is 4. The van der Waals surface area contributed by atoms with E-state index in [2.05, 4.69) is 13.2 Å². The van der Waals surface area contributed by atoms with Crippen molar-refractivity contribution >= 4 is 17.3 Å². The summed E-state index contributed by atoms with van der Waals surface area (Å²) >= 11 is 0. The van der Waals surface area contributed by atoms with Crippen molar-refractivity contribution in [3.8, 4) is 0 Å². The third kappa shape index (κ3) is 3.41. The van der Waals surface area contributed by atoms with Crippen molar-refractivity contribution in [2.45, 2.75) is 0 Å². The van der Waals surface area contributed by atoms with Crippen molar-refractivity contribution in [2.24, 2.45) is 0 Å². The Labute approximate surface area is 110 Å². The molecule has 0 fully saturated rings. The summed E-state index contributed by atoms with van der Waals surface area (Å²) in [6.07, 6.45) is 3.31. The third-order valence-electron chi connectivity index (χ3n) is 2.47. The molecule has 0 aliphatic rings. The number of rotatable bonds is 7. The second-order valence-corrected chi connectivity index (χ2v) is 3.75. The van der Waals surface area contributed by atoms with Gasteiger partial charge in [-0.1, -0.05) is 12.2 Å². The summed E-state index contributed by atoms with van der Waals surface area (Å²) in [4.78, 5) is 22.9. The van der Waals surface area contributed by atoms with Gasteiger partial charge in [0.15, 0.2) is 0 Å². The number of carboxylic acids is 1. The van der Waals surface area contributed by atoms with Crippen LogP contribution in [0.5, 0.6) is 0 Å². The molecule has 0 saturated heterocycles. The summed E-state index contributed by atoms with van der Waals surface area (Å²) in [5.41, 5.74) is -0.203. The molecule has 100 valence electrons. The Kier molecular flexibility index (Phi) is 4.82. The fourth-order valence-electron chi connectivity index (χ4n) is 1.65. The van der Waals surface area contributed by atoms with Gasteiger partial charge >= 0.3 is 5.97 Å². The number of carboxylic acid groups (broad SMARTS) is 1. The minimum atomic E-state index is -1.32. The van der Waals surface area contributed by atoms with Gasteiger partial charge in [-0.2, -0.15) is 0 Å². The molecule has 0 spiro atoms. The molecule has 0 aliphatic heterocycles. The molecule has 0 heterocycles. The van der Waals surface area contributed by atoms with Gasteiger partial charge in [-0.25, -0.2) is 4.79 Å². The summed E-state index contributed by atoms with van der Waals surface area (Å²) in [7, 11) is 0. The lowest BCUT2D eigenvalue weighted by Crippen LogP contribution is -2.23. The van der Waals surface area contributed by atoms with Crippen LogP contribution in [0.15, 0.2) is 43.5 Å². The van der Waals surface area contributed by atoms with Crippen molar-refractivity contribution in [1.29, 1.82) is 0 Å². The molecule has 19 heavy (non-hydrogen) atoms. The first-order valence-corrected chi connectivity index (χ1v) is 5.49. The molecule has 0 radical (unpaired) electrons. The van der Waals surface area contributed by atoms with Crippen molar-refractivity contribution in [1.82, 2.24) is 0 Å². The van der Waals surface area contributed by atoms with E-state index in [1.165, 1.54) is 18.2 Å². The van der Waals surface area contributed by atoms with Crippen LogP contribution in [-0.2, 0) is 0 Å². The average molecular weight is 262 g/mol. The molecule has 0 saturated carbocycles. The SMILES string of the molecule is C=CCN(CC=C)c1ccc(C(=O)O)c([N+](=O)[O-])c1. The second-order valence-electron chi connectivity index (χ2n) is 3.75. The smallest absolute Gasteiger partial charge is 0.342 e. The van der Waals surface area contributed by atoms with E-state index in [0.717, 1.165) is 0 Å². The lowest BCUT2D eigenvalue weighted by atomic mass is 10.1. The van der Waals surface area contributed by atoms with Crippen LogP contribution < -0.4 is 4.90 Å². The van der Waals surface area contributed by atoms with Gasteiger partial charge in [0.25, 0.3) is 5.69 Å². The summed E-state index contributed by atoms with van der Waals surface area (Å²) in [5, 5.41) is 19.8. The van der Waals surface area contributed by atoms with Crippen LogP contribution in [0.4, 0.5) is 11.4 Å². The number of aromatic carboxylic acids is 1. The molecule has 0 unspecified atom stereocenters. The maximum atomic E-state index is 10.9. The largest absolute Gasteiger partial charge is 0.477 e. The molecule has 6 nitrogen and oxygen atoms in total. The molecule has 6 heteroatoms. The molecule has 1 N–H and O–H groups in total. The van der Waals surface area contributed by atoms with Crippen LogP contribution in [0.2, 0.25) is 0 Å². The quantitative estimate of drug-likeness (QED) is 0.463. The minimum Gasteiger partial charge on any atom is -0.477 e. The van der Waals surface area contributed by atoms with E-state index in [4.69, 9.17) is 5.11 Å². The molecule has 0 atom stereocenters. The molecule has 1 aromatic rings. The monoisotopic (exact) mass is 262 g/mol. The van der Waals surface area contributed by atoms with E-state index in [0.29, 0.717) is 18.8 Å². The summed E-state index contributed by atoms with van der Waals surface area (Å²) in [6, 6.07) is 4.01. The number of anilines is 1. The number of hydrogen-bond donors (Lipinski definition) is 1. The van der Waals surface area contributed by atoms with Crippen LogP contribution in [0, 0.1) is 10.1 Å². The van der Waals surface area contributed by atoms with Gasteiger partial charge in [-0.05, 0) is 12.1 Å². The number of nitro benzene ring substituents is 1. The van der Waals surface area contributed by atoms with E-state index in [1.807, 2.05) is 0 Å². The highest BCUT2D eigenvalue weighted by atomic mass is 16.6. The number of carbonyl (C=O) groups is 1. The Balaban J connectivity index is 3.26. The van der Waals surface area contributed by atoms with E-state index in [9.17, 15) is 14.9 Å². The molecule has 0 amide bonds. The lowest BCUT2D eigenvalue weighted by Gasteiger charge is -2.21. The van der Waals surface area contributed by atoms with Crippen LogP contribution in [0.3, 0.4) is 0 Å². The minimum absolute atomic E-state index is 0.328. The van der Waals surface area contributed by atoms with E-state index in [-0.39, 0.29) is 5.56 Å². The van der Waals surface area contributed by atoms with Crippen LogP contribution >= 0.6 is 0 Å². The number of benzene rings is 1. The zero-order chi connectivity index (χ0) is 14.4. The van der Waals surface area contributed by atoms with E-state index in [1.54, 1.807) is 17.1 Å². The molecule has 0 aliphatic carbocycles. The van der Waals surface area contributed by atoms with Gasteiger partial charge < -0.3 is 10.0 Å². The normalized spacial score (nSPS) is 9.68. The van der Waals surface area contributed by atoms with Crippen LogP contribution in [0.1, 0.15) is 10.4 Å². The molecule has 0 aromatic heterocycles. The lowest BCUT2D eigenvalue weighted by molar-refractivity contribution is -0.385. The summed E-state index contributed by atoms with van der Waals surface area (Å²) < 4.78 is 0. The van der Waals surface area contributed by atoms with Gasteiger partial charge in [0, 0.05) is 24.8 Å². The molecule has 1 rings (SSSR count). The van der Waals surface area contributed by atoms with Gasteiger partial charge in [0.1, 0.15) is 5.56 Å². The zero-order valence-electron chi connectivity index (χ0n) is 10.3. The van der Waals surface area contributed by atoms with Gasteiger partial charge in [0.2, 0.25) is 0 Å². The Hall–Kier alpha value is -2.63. The highest BCUT2D eigenvalue weighted by Crippen LogP contribution is 2.25. The van der Waals surface area contributed by atoms with E-state index < -0.39 is 16.6 Å². The van der Waals surface area contributed by atoms with E-state index >= 15 is 0 Å². The topological polar surface area (TPSA) is 83.7 Å². The molecule has 0 bridgehead atoms. The Morgan fingerprint density at radius 3 is 2.37 bits per heavy atom. The molecular weight excluding hydrogens is 248 g/mol. The van der Waals surface area contributed by atoms with Gasteiger partial charge in [-0.3, -0.25) is 10.1 Å². The number of nitrogens with zero attached hydrogens (tertiary/aromatic N) is 2.